The molecular weight excluding hydrogens is 422 g/mol. The van der Waals surface area contributed by atoms with Crippen molar-refractivity contribution < 1.29 is 0 Å². The van der Waals surface area contributed by atoms with E-state index in [4.69, 9.17) is 4.98 Å². The monoisotopic (exact) mass is 459 g/mol. The average Bonchev–Trinajstić information content (AvgIpc) is 3.41. The molecule has 1 aliphatic carbocycles. The van der Waals surface area contributed by atoms with Crippen molar-refractivity contribution in [3.63, 3.8) is 0 Å². The minimum Gasteiger partial charge on any atom is -0.313 e. The molecule has 0 spiro atoms. The van der Waals surface area contributed by atoms with Gasteiger partial charge in [0, 0.05) is 23.7 Å². The van der Waals surface area contributed by atoms with E-state index in [9.17, 15) is 0 Å². The van der Waals surface area contributed by atoms with Crippen LogP contribution in [0.2, 0.25) is 0 Å². The van der Waals surface area contributed by atoms with Gasteiger partial charge in [0.25, 0.3) is 0 Å². The third-order valence-electron chi connectivity index (χ3n) is 7.52. The van der Waals surface area contributed by atoms with Crippen molar-refractivity contribution in [2.45, 2.75) is 68.3 Å². The molecule has 0 bridgehead atoms. The van der Waals surface area contributed by atoms with Crippen LogP contribution in [0.4, 0.5) is 0 Å². The molecule has 1 N–H and O–H groups in total. The fourth-order valence-corrected chi connectivity index (χ4v) is 6.50. The van der Waals surface area contributed by atoms with Crippen molar-refractivity contribution >= 4 is 22.7 Å². The molecule has 1 saturated carbocycles. The molecule has 0 radical (unpaired) electrons. The zero-order valence-corrected chi connectivity index (χ0v) is 20.5. The molecule has 33 heavy (non-hydrogen) atoms. The Bertz CT molecular complexity index is 1010. The summed E-state index contributed by atoms with van der Waals surface area (Å²) in [5, 5.41) is 6.15. The first-order valence-electron chi connectivity index (χ1n) is 12.9. The van der Waals surface area contributed by atoms with E-state index in [0.29, 0.717) is 0 Å². The molecule has 3 nitrogen and oxygen atoms in total. The van der Waals surface area contributed by atoms with Crippen LogP contribution in [0.1, 0.15) is 56.1 Å². The van der Waals surface area contributed by atoms with Crippen LogP contribution in [0, 0.1) is 5.92 Å². The Hall–Kier alpha value is -1.88. The molecule has 4 heteroatoms. The van der Waals surface area contributed by atoms with Gasteiger partial charge in [-0.3, -0.25) is 0 Å². The van der Waals surface area contributed by atoms with Crippen LogP contribution in [0.25, 0.3) is 10.9 Å². The first-order valence-corrected chi connectivity index (χ1v) is 13.8. The van der Waals surface area contributed by atoms with E-state index in [1.165, 1.54) is 74.5 Å². The normalized spacial score (nSPS) is 18.3. The van der Waals surface area contributed by atoms with E-state index in [2.05, 4.69) is 70.9 Å². The lowest BCUT2D eigenvalue weighted by atomic mass is 9.92. The van der Waals surface area contributed by atoms with Crippen LogP contribution in [-0.2, 0) is 12.3 Å². The summed E-state index contributed by atoms with van der Waals surface area (Å²) < 4.78 is 0. The van der Waals surface area contributed by atoms with Gasteiger partial charge < -0.3 is 10.2 Å². The molecule has 5 rings (SSSR count). The number of nitrogens with one attached hydrogen (secondary N) is 1. The Morgan fingerprint density at radius 2 is 1.67 bits per heavy atom. The van der Waals surface area contributed by atoms with Crippen LogP contribution >= 0.6 is 11.8 Å². The number of hydrogen-bond donors (Lipinski definition) is 1. The quantitative estimate of drug-likeness (QED) is 0.286. The number of piperidine rings is 1. The van der Waals surface area contributed by atoms with Crippen LogP contribution in [0.3, 0.4) is 0 Å². The summed E-state index contributed by atoms with van der Waals surface area (Å²) >= 11 is 1.86. The Morgan fingerprint density at radius 3 is 2.48 bits per heavy atom. The highest BCUT2D eigenvalue weighted by atomic mass is 32.2. The van der Waals surface area contributed by atoms with Crippen molar-refractivity contribution in [3.8, 4) is 0 Å². The molecule has 1 aromatic heterocycles. The fraction of sp³-hybridized carbons (Fsp3) is 0.483. The van der Waals surface area contributed by atoms with Gasteiger partial charge in [-0.15, -0.1) is 11.8 Å². The Balaban J connectivity index is 1.14. The maximum atomic E-state index is 5.02. The summed E-state index contributed by atoms with van der Waals surface area (Å²) in [6.45, 7) is 4.65. The van der Waals surface area contributed by atoms with Crippen molar-refractivity contribution in [1.82, 2.24) is 15.2 Å². The van der Waals surface area contributed by atoms with Crippen LogP contribution in [-0.4, -0.2) is 35.6 Å². The number of rotatable bonds is 9. The predicted molar refractivity (Wildman–Crippen MR) is 141 cm³/mol. The average molecular weight is 460 g/mol. The molecule has 2 aliphatic rings. The van der Waals surface area contributed by atoms with Gasteiger partial charge in [0.1, 0.15) is 5.03 Å². The summed E-state index contributed by atoms with van der Waals surface area (Å²) in [7, 11) is 0. The van der Waals surface area contributed by atoms with Crippen LogP contribution in [0.5, 0.6) is 0 Å². The Kier molecular flexibility index (Phi) is 7.98. The first kappa shape index (κ1) is 22.9. The Morgan fingerprint density at radius 1 is 0.909 bits per heavy atom. The molecule has 2 aromatic carbocycles. The molecule has 2 fully saturated rings. The molecule has 1 aliphatic heterocycles. The second kappa shape index (κ2) is 11.5. The van der Waals surface area contributed by atoms with Gasteiger partial charge in [-0.2, -0.15) is 0 Å². The lowest BCUT2D eigenvalue weighted by Gasteiger charge is -2.36. The zero-order chi connectivity index (χ0) is 22.3. The van der Waals surface area contributed by atoms with Gasteiger partial charge in [-0.1, -0.05) is 61.4 Å². The molecule has 174 valence electrons. The number of thioether (sulfide) groups is 1. The molecule has 0 atom stereocenters. The van der Waals surface area contributed by atoms with Crippen molar-refractivity contribution in [2.24, 2.45) is 5.92 Å². The lowest BCUT2D eigenvalue weighted by molar-refractivity contribution is 0.131. The molecule has 0 amide bonds. The minimum absolute atomic E-state index is 0.886. The molecule has 3 aromatic rings. The van der Waals surface area contributed by atoms with Crippen molar-refractivity contribution in [2.75, 3.05) is 19.6 Å². The van der Waals surface area contributed by atoms with E-state index in [0.717, 1.165) is 41.3 Å². The summed E-state index contributed by atoms with van der Waals surface area (Å²) in [5.41, 5.74) is 3.76. The number of fused-ring (bicyclic) bond motifs is 1. The van der Waals surface area contributed by atoms with E-state index in [1.807, 2.05) is 11.8 Å². The van der Waals surface area contributed by atoms with Crippen molar-refractivity contribution in [3.05, 3.63) is 71.8 Å². The maximum Gasteiger partial charge on any atom is 0.102 e. The lowest BCUT2D eigenvalue weighted by Crippen LogP contribution is -2.40. The van der Waals surface area contributed by atoms with Gasteiger partial charge in [0.15, 0.2) is 0 Å². The van der Waals surface area contributed by atoms with E-state index in [-0.39, 0.29) is 0 Å². The third-order valence-corrected chi connectivity index (χ3v) is 8.62. The SMILES string of the molecule is c1ccc(CSc2nc3ccccc3cc2CNCCC2CCN(C3CCCC3)CC2)cc1. The largest absolute Gasteiger partial charge is 0.313 e. The van der Waals surface area contributed by atoms with Crippen LogP contribution in [0.15, 0.2) is 65.7 Å². The third kappa shape index (κ3) is 6.17. The number of para-hydroxylation sites is 1. The summed E-state index contributed by atoms with van der Waals surface area (Å²) in [4.78, 5) is 7.81. The fourth-order valence-electron chi connectivity index (χ4n) is 5.53. The number of aromatic nitrogens is 1. The Labute approximate surface area is 203 Å². The van der Waals surface area contributed by atoms with Gasteiger partial charge >= 0.3 is 0 Å². The number of hydrogen-bond acceptors (Lipinski definition) is 4. The van der Waals surface area contributed by atoms with Gasteiger partial charge in [0.2, 0.25) is 0 Å². The molecule has 2 heterocycles. The maximum absolute atomic E-state index is 5.02. The van der Waals surface area contributed by atoms with Gasteiger partial charge in [-0.05, 0) is 80.9 Å². The topological polar surface area (TPSA) is 28.2 Å². The summed E-state index contributed by atoms with van der Waals surface area (Å²) in [5.74, 6) is 1.84. The smallest absolute Gasteiger partial charge is 0.102 e. The second-order valence-corrected chi connectivity index (χ2v) is 10.8. The highest BCUT2D eigenvalue weighted by Gasteiger charge is 2.26. The van der Waals surface area contributed by atoms with E-state index in [1.54, 1.807) is 0 Å². The number of likely N-dealkylation sites (tertiary alicyclic amines) is 1. The van der Waals surface area contributed by atoms with E-state index >= 15 is 0 Å². The highest BCUT2D eigenvalue weighted by Crippen LogP contribution is 2.30. The molecular formula is C29H37N3S. The van der Waals surface area contributed by atoms with Gasteiger partial charge in [0.05, 0.1) is 5.52 Å². The van der Waals surface area contributed by atoms with Gasteiger partial charge in [-0.25, -0.2) is 4.98 Å². The van der Waals surface area contributed by atoms with Crippen LogP contribution < -0.4 is 5.32 Å². The first-order chi connectivity index (χ1) is 16.3. The van der Waals surface area contributed by atoms with E-state index < -0.39 is 0 Å². The summed E-state index contributed by atoms with van der Waals surface area (Å²) in [6.07, 6.45) is 9.84. The number of pyridine rings is 1. The number of nitrogens with zero attached hydrogens (tertiary/aromatic N) is 2. The second-order valence-electron chi connectivity index (χ2n) is 9.80. The van der Waals surface area contributed by atoms with Crippen molar-refractivity contribution in [1.29, 1.82) is 0 Å². The summed E-state index contributed by atoms with van der Waals surface area (Å²) in [6, 6.07) is 22.4. The predicted octanol–water partition coefficient (Wildman–Crippen LogP) is 6.66. The minimum atomic E-state index is 0.886. The number of benzene rings is 2. The standard InChI is InChI=1S/C29H37N3S/c1-2-8-24(9-3-1)22-33-29-26(20-25-10-4-7-13-28(25)31-29)21-30-17-14-23-15-18-32(19-16-23)27-11-5-6-12-27/h1-4,7-10,13,20,23,27,30H,5-6,11-12,14-19,21-22H2. The molecule has 0 unspecified atom stereocenters. The zero-order valence-electron chi connectivity index (χ0n) is 19.7. The highest BCUT2D eigenvalue weighted by molar-refractivity contribution is 7.98. The molecule has 1 saturated heterocycles.